The molecule has 1 fully saturated rings. The molecule has 4 nitrogen and oxygen atoms in total. The highest BCUT2D eigenvalue weighted by Gasteiger charge is 2.14. The topological polar surface area (TPSA) is 47.0 Å². The van der Waals surface area contributed by atoms with Crippen molar-refractivity contribution in [2.45, 2.75) is 18.9 Å². The molecule has 0 atom stereocenters. The van der Waals surface area contributed by atoms with Crippen molar-refractivity contribution in [3.63, 3.8) is 0 Å². The Labute approximate surface area is 87.7 Å². The second kappa shape index (κ2) is 4.57. The Morgan fingerprint density at radius 1 is 1.29 bits per heavy atom. The highest BCUT2D eigenvalue weighted by Crippen LogP contribution is 2.15. The van der Waals surface area contributed by atoms with Gasteiger partial charge >= 0.3 is 0 Å². The number of nitrogens with zero attached hydrogens (tertiary/aromatic N) is 2. The zero-order chi connectivity index (χ0) is 9.80. The van der Waals surface area contributed by atoms with Crippen LogP contribution in [0, 0.1) is 0 Å². The number of rotatable bonds is 2. The minimum absolute atomic E-state index is 0.252. The monoisotopic (exact) mass is 213 g/mol. The molecule has 14 heavy (non-hydrogen) atoms. The average Bonchev–Trinajstić information content (AvgIpc) is 2.23. The summed E-state index contributed by atoms with van der Waals surface area (Å²) in [5.41, 5.74) is 0. The fourth-order valence-corrected chi connectivity index (χ4v) is 1.56. The van der Waals surface area contributed by atoms with Gasteiger partial charge in [0.15, 0.2) is 5.75 Å². The third kappa shape index (κ3) is 2.56. The van der Waals surface area contributed by atoms with Crippen molar-refractivity contribution in [3.8, 4) is 5.75 Å². The van der Waals surface area contributed by atoms with Crippen molar-refractivity contribution < 1.29 is 4.74 Å². The van der Waals surface area contributed by atoms with Gasteiger partial charge in [0.2, 0.25) is 5.28 Å². The molecule has 0 amide bonds. The molecule has 2 rings (SSSR count). The Balaban J connectivity index is 1.92. The predicted octanol–water partition coefficient (Wildman–Crippen LogP) is 1.26. The van der Waals surface area contributed by atoms with Crippen LogP contribution < -0.4 is 10.1 Å². The third-order valence-corrected chi connectivity index (χ3v) is 2.38. The van der Waals surface area contributed by atoms with Crippen LogP contribution in [0.2, 0.25) is 5.28 Å². The molecule has 0 bridgehead atoms. The van der Waals surface area contributed by atoms with E-state index in [2.05, 4.69) is 15.3 Å². The molecule has 0 unspecified atom stereocenters. The van der Waals surface area contributed by atoms with E-state index in [0.29, 0.717) is 5.75 Å². The largest absolute Gasteiger partial charge is 0.487 e. The maximum atomic E-state index is 5.69. The second-order valence-corrected chi connectivity index (χ2v) is 3.59. The summed E-state index contributed by atoms with van der Waals surface area (Å²) >= 11 is 5.57. The van der Waals surface area contributed by atoms with E-state index >= 15 is 0 Å². The van der Waals surface area contributed by atoms with E-state index in [0.717, 1.165) is 25.9 Å². The van der Waals surface area contributed by atoms with Crippen LogP contribution in [0.25, 0.3) is 0 Å². The van der Waals surface area contributed by atoms with Crippen molar-refractivity contribution in [2.75, 3.05) is 13.1 Å². The Bertz CT molecular complexity index is 285. The number of ether oxygens (including phenoxy) is 1. The first-order valence-electron chi connectivity index (χ1n) is 4.69. The zero-order valence-electron chi connectivity index (χ0n) is 7.74. The van der Waals surface area contributed by atoms with Crippen LogP contribution in [0.5, 0.6) is 5.75 Å². The van der Waals surface area contributed by atoms with E-state index in [1.165, 1.54) is 0 Å². The molecule has 0 spiro atoms. The molecule has 1 aliphatic rings. The van der Waals surface area contributed by atoms with Crippen LogP contribution >= 0.6 is 11.6 Å². The Morgan fingerprint density at radius 3 is 2.57 bits per heavy atom. The quantitative estimate of drug-likeness (QED) is 0.752. The van der Waals surface area contributed by atoms with Gasteiger partial charge in [-0.1, -0.05) is 0 Å². The molecule has 0 saturated carbocycles. The van der Waals surface area contributed by atoms with Crippen LogP contribution in [-0.4, -0.2) is 29.2 Å². The second-order valence-electron chi connectivity index (χ2n) is 3.26. The van der Waals surface area contributed by atoms with Crippen LogP contribution in [0.4, 0.5) is 0 Å². The molecule has 0 aliphatic carbocycles. The molecule has 76 valence electrons. The van der Waals surface area contributed by atoms with Gasteiger partial charge in [-0.05, 0) is 37.5 Å². The molecule has 1 aliphatic heterocycles. The molecule has 1 N–H and O–H groups in total. The van der Waals surface area contributed by atoms with E-state index in [-0.39, 0.29) is 11.4 Å². The summed E-state index contributed by atoms with van der Waals surface area (Å²) < 4.78 is 5.69. The Kier molecular flexibility index (Phi) is 3.16. The fraction of sp³-hybridized carbons (Fsp3) is 0.556. The van der Waals surface area contributed by atoms with Crippen LogP contribution in [0.1, 0.15) is 12.8 Å². The smallest absolute Gasteiger partial charge is 0.222 e. The number of piperidine rings is 1. The van der Waals surface area contributed by atoms with E-state index in [1.54, 1.807) is 12.4 Å². The summed E-state index contributed by atoms with van der Waals surface area (Å²) in [6, 6.07) is 0. The molecule has 0 radical (unpaired) electrons. The van der Waals surface area contributed by atoms with Crippen LogP contribution in [0.15, 0.2) is 12.4 Å². The standard InChI is InChI=1S/C9H12ClN3O/c10-9-12-5-8(6-13-9)14-7-1-3-11-4-2-7/h5-7,11H,1-4H2. The van der Waals surface area contributed by atoms with E-state index in [1.807, 2.05) is 0 Å². The van der Waals surface area contributed by atoms with Crippen molar-refractivity contribution >= 4 is 11.6 Å². The van der Waals surface area contributed by atoms with Gasteiger partial charge < -0.3 is 10.1 Å². The molecular weight excluding hydrogens is 202 g/mol. The third-order valence-electron chi connectivity index (χ3n) is 2.19. The molecule has 0 aromatic carbocycles. The number of hydrogen-bond acceptors (Lipinski definition) is 4. The minimum Gasteiger partial charge on any atom is -0.487 e. The SMILES string of the molecule is Clc1ncc(OC2CCNCC2)cn1. The van der Waals surface area contributed by atoms with Crippen molar-refractivity contribution in [3.05, 3.63) is 17.7 Å². The van der Waals surface area contributed by atoms with Gasteiger partial charge in [-0.3, -0.25) is 0 Å². The van der Waals surface area contributed by atoms with Crippen molar-refractivity contribution in [2.24, 2.45) is 0 Å². The normalized spacial score (nSPS) is 18.1. The lowest BCUT2D eigenvalue weighted by Gasteiger charge is -2.23. The van der Waals surface area contributed by atoms with Gasteiger partial charge in [-0.2, -0.15) is 0 Å². The first kappa shape index (κ1) is 9.68. The lowest BCUT2D eigenvalue weighted by molar-refractivity contribution is 0.161. The van der Waals surface area contributed by atoms with Gasteiger partial charge in [-0.15, -0.1) is 0 Å². The van der Waals surface area contributed by atoms with Crippen molar-refractivity contribution in [1.82, 2.24) is 15.3 Å². The summed E-state index contributed by atoms with van der Waals surface area (Å²) in [5, 5.41) is 3.53. The van der Waals surface area contributed by atoms with Gasteiger partial charge in [0.05, 0.1) is 12.4 Å². The van der Waals surface area contributed by atoms with E-state index in [4.69, 9.17) is 16.3 Å². The Morgan fingerprint density at radius 2 is 1.93 bits per heavy atom. The summed E-state index contributed by atoms with van der Waals surface area (Å²) in [6.45, 7) is 2.03. The summed E-state index contributed by atoms with van der Waals surface area (Å²) in [7, 11) is 0. The minimum atomic E-state index is 0.252. The lowest BCUT2D eigenvalue weighted by Crippen LogP contribution is -2.34. The van der Waals surface area contributed by atoms with E-state index < -0.39 is 0 Å². The maximum absolute atomic E-state index is 5.69. The highest BCUT2D eigenvalue weighted by molar-refractivity contribution is 6.28. The highest BCUT2D eigenvalue weighted by atomic mass is 35.5. The van der Waals surface area contributed by atoms with Gasteiger partial charge in [0.25, 0.3) is 0 Å². The van der Waals surface area contributed by atoms with Gasteiger partial charge in [0.1, 0.15) is 6.10 Å². The molecule has 1 aromatic heterocycles. The lowest BCUT2D eigenvalue weighted by atomic mass is 10.1. The van der Waals surface area contributed by atoms with Gasteiger partial charge in [0, 0.05) is 0 Å². The zero-order valence-corrected chi connectivity index (χ0v) is 8.50. The fourth-order valence-electron chi connectivity index (χ4n) is 1.47. The predicted molar refractivity (Wildman–Crippen MR) is 53.6 cm³/mol. The number of halogens is 1. The number of hydrogen-bond donors (Lipinski definition) is 1. The number of aromatic nitrogens is 2. The first-order valence-corrected chi connectivity index (χ1v) is 5.07. The van der Waals surface area contributed by atoms with Gasteiger partial charge in [-0.25, -0.2) is 9.97 Å². The molecule has 1 saturated heterocycles. The molecule has 2 heterocycles. The molecule has 5 heteroatoms. The Hall–Kier alpha value is -0.870. The maximum Gasteiger partial charge on any atom is 0.222 e. The first-order chi connectivity index (χ1) is 6.84. The van der Waals surface area contributed by atoms with E-state index in [9.17, 15) is 0 Å². The summed E-state index contributed by atoms with van der Waals surface area (Å²) in [5.74, 6) is 0.696. The molecule has 1 aromatic rings. The van der Waals surface area contributed by atoms with Crippen LogP contribution in [-0.2, 0) is 0 Å². The average molecular weight is 214 g/mol. The van der Waals surface area contributed by atoms with Crippen molar-refractivity contribution in [1.29, 1.82) is 0 Å². The summed E-state index contributed by atoms with van der Waals surface area (Å²) in [6.07, 6.45) is 5.56. The molecular formula is C9H12ClN3O. The van der Waals surface area contributed by atoms with Crippen LogP contribution in [0.3, 0.4) is 0 Å². The number of nitrogens with one attached hydrogen (secondary N) is 1. The summed E-state index contributed by atoms with van der Waals surface area (Å²) in [4.78, 5) is 7.72.